The van der Waals surface area contributed by atoms with Gasteiger partial charge in [0.05, 0.1) is 30.9 Å². The van der Waals surface area contributed by atoms with Gasteiger partial charge < -0.3 is 14.6 Å². The molecule has 6 nitrogen and oxygen atoms in total. The van der Waals surface area contributed by atoms with Gasteiger partial charge in [0, 0.05) is 11.3 Å². The summed E-state index contributed by atoms with van der Waals surface area (Å²) in [5, 5.41) is 11.2. The maximum atomic E-state index is 13.4. The fraction of sp³-hybridized carbons (Fsp3) is 0.241. The summed E-state index contributed by atoms with van der Waals surface area (Å²) in [7, 11) is 1.47. The number of nitrogens with zero attached hydrogens (tertiary/aromatic N) is 1. The summed E-state index contributed by atoms with van der Waals surface area (Å²) in [5.41, 5.74) is -0.682. The second kappa shape index (κ2) is 10.6. The molecule has 1 fully saturated rings. The Balaban J connectivity index is 1.84. The Morgan fingerprint density at radius 3 is 2.18 bits per heavy atom. The zero-order chi connectivity index (χ0) is 27.6. The van der Waals surface area contributed by atoms with Gasteiger partial charge in [-0.2, -0.15) is 13.2 Å². The number of rotatable bonds is 7. The standard InChI is InChI=1S/C29H26F3NO5/c1-17(2)16-38-23-13-9-19(10-14-23)26(34)24-25(18-7-11-22(37-3)12-8-18)33(28(36)27(24)35)21-6-4-5-20(15-21)29(30,31)32/h4-15,17,25,34H,16H2,1-3H3/b26-24+. The van der Waals surface area contributed by atoms with Crippen LogP contribution >= 0.6 is 0 Å². The van der Waals surface area contributed by atoms with Crippen molar-refractivity contribution >= 4 is 23.1 Å². The number of alkyl halides is 3. The predicted octanol–water partition coefficient (Wildman–Crippen LogP) is 6.38. The Bertz CT molecular complexity index is 1360. The Labute approximate surface area is 217 Å². The van der Waals surface area contributed by atoms with Crippen molar-refractivity contribution in [1.82, 2.24) is 0 Å². The van der Waals surface area contributed by atoms with Gasteiger partial charge in [-0.25, -0.2) is 0 Å². The number of ketones is 1. The van der Waals surface area contributed by atoms with E-state index >= 15 is 0 Å². The molecule has 0 bridgehead atoms. The monoisotopic (exact) mass is 525 g/mol. The number of halogens is 3. The van der Waals surface area contributed by atoms with Gasteiger partial charge in [0.25, 0.3) is 11.7 Å². The SMILES string of the molecule is COc1ccc(C2/C(=C(\O)c3ccc(OCC(C)C)cc3)C(=O)C(=O)N2c2cccc(C(F)(F)F)c2)cc1. The molecule has 0 aromatic heterocycles. The molecule has 1 atom stereocenters. The number of ether oxygens (including phenoxy) is 2. The van der Waals surface area contributed by atoms with Gasteiger partial charge in [0.1, 0.15) is 17.3 Å². The van der Waals surface area contributed by atoms with Crippen LogP contribution < -0.4 is 14.4 Å². The van der Waals surface area contributed by atoms with Crippen LogP contribution in [0.2, 0.25) is 0 Å². The molecule has 1 saturated heterocycles. The largest absolute Gasteiger partial charge is 0.507 e. The van der Waals surface area contributed by atoms with Gasteiger partial charge in [0.2, 0.25) is 0 Å². The maximum Gasteiger partial charge on any atom is 0.416 e. The van der Waals surface area contributed by atoms with Gasteiger partial charge >= 0.3 is 6.18 Å². The second-order valence-corrected chi connectivity index (χ2v) is 9.22. The van der Waals surface area contributed by atoms with Gasteiger partial charge in [-0.1, -0.05) is 32.0 Å². The molecule has 0 radical (unpaired) electrons. The molecule has 0 saturated carbocycles. The van der Waals surface area contributed by atoms with Crippen LogP contribution in [-0.4, -0.2) is 30.5 Å². The first kappa shape index (κ1) is 26.8. The number of hydrogen-bond donors (Lipinski definition) is 1. The lowest BCUT2D eigenvalue weighted by Gasteiger charge is -2.26. The fourth-order valence-electron chi connectivity index (χ4n) is 4.16. The number of benzene rings is 3. The normalized spacial score (nSPS) is 17.2. The van der Waals surface area contributed by atoms with E-state index in [1.54, 1.807) is 48.5 Å². The van der Waals surface area contributed by atoms with Crippen molar-refractivity contribution in [2.75, 3.05) is 18.6 Å². The van der Waals surface area contributed by atoms with E-state index in [1.165, 1.54) is 19.2 Å². The molecule has 0 aliphatic carbocycles. The topological polar surface area (TPSA) is 76.1 Å². The number of carbonyl (C=O) groups is 2. The Hall–Kier alpha value is -4.27. The third kappa shape index (κ3) is 5.37. The van der Waals surface area contributed by atoms with Crippen LogP contribution in [0.25, 0.3) is 5.76 Å². The number of methoxy groups -OCH3 is 1. The Morgan fingerprint density at radius 1 is 0.974 bits per heavy atom. The molecule has 198 valence electrons. The van der Waals surface area contributed by atoms with Crippen molar-refractivity contribution in [1.29, 1.82) is 0 Å². The van der Waals surface area contributed by atoms with E-state index < -0.39 is 35.2 Å². The first-order chi connectivity index (χ1) is 18.0. The van der Waals surface area contributed by atoms with Crippen LogP contribution in [-0.2, 0) is 15.8 Å². The van der Waals surface area contributed by atoms with Crippen molar-refractivity contribution in [3.63, 3.8) is 0 Å². The summed E-state index contributed by atoms with van der Waals surface area (Å²) < 4.78 is 51.2. The lowest BCUT2D eigenvalue weighted by atomic mass is 9.95. The third-order valence-corrected chi connectivity index (χ3v) is 6.04. The summed E-state index contributed by atoms with van der Waals surface area (Å²) in [4.78, 5) is 27.5. The van der Waals surface area contributed by atoms with Crippen LogP contribution in [0.3, 0.4) is 0 Å². The fourth-order valence-corrected chi connectivity index (χ4v) is 4.16. The molecule has 1 aliphatic heterocycles. The first-order valence-corrected chi connectivity index (χ1v) is 11.9. The van der Waals surface area contributed by atoms with Crippen LogP contribution in [0.5, 0.6) is 11.5 Å². The van der Waals surface area contributed by atoms with E-state index in [9.17, 15) is 27.9 Å². The molecule has 1 unspecified atom stereocenters. The molecule has 9 heteroatoms. The lowest BCUT2D eigenvalue weighted by Crippen LogP contribution is -2.29. The number of carbonyl (C=O) groups excluding carboxylic acids is 2. The van der Waals surface area contributed by atoms with Gasteiger partial charge in [-0.05, 0) is 66.1 Å². The number of amides is 1. The minimum Gasteiger partial charge on any atom is -0.507 e. The summed E-state index contributed by atoms with van der Waals surface area (Å²) in [6.07, 6.45) is -4.65. The van der Waals surface area contributed by atoms with E-state index in [4.69, 9.17) is 9.47 Å². The molecular formula is C29H26F3NO5. The molecule has 4 rings (SSSR count). The summed E-state index contributed by atoms with van der Waals surface area (Å²) in [5.74, 6) is -1.15. The van der Waals surface area contributed by atoms with E-state index in [1.807, 2.05) is 13.8 Å². The van der Waals surface area contributed by atoms with Crippen molar-refractivity contribution < 1.29 is 37.3 Å². The summed E-state index contributed by atoms with van der Waals surface area (Å²) >= 11 is 0. The van der Waals surface area contributed by atoms with Crippen LogP contribution in [0, 0.1) is 5.92 Å². The molecule has 1 amide bonds. The minimum atomic E-state index is -4.65. The lowest BCUT2D eigenvalue weighted by molar-refractivity contribution is -0.137. The molecule has 38 heavy (non-hydrogen) atoms. The van der Waals surface area contributed by atoms with Crippen molar-refractivity contribution in [3.8, 4) is 11.5 Å². The molecule has 3 aromatic carbocycles. The average molecular weight is 526 g/mol. The van der Waals surface area contributed by atoms with Gasteiger partial charge in [0.15, 0.2) is 0 Å². The smallest absolute Gasteiger partial charge is 0.416 e. The summed E-state index contributed by atoms with van der Waals surface area (Å²) in [6.45, 7) is 4.50. The van der Waals surface area contributed by atoms with Crippen LogP contribution in [0.15, 0.2) is 78.4 Å². The zero-order valence-corrected chi connectivity index (χ0v) is 21.0. The van der Waals surface area contributed by atoms with Gasteiger partial charge in [-0.15, -0.1) is 0 Å². The molecule has 3 aromatic rings. The number of anilines is 1. The van der Waals surface area contributed by atoms with Crippen molar-refractivity contribution in [2.45, 2.75) is 26.1 Å². The van der Waals surface area contributed by atoms with Crippen LogP contribution in [0.4, 0.5) is 18.9 Å². The van der Waals surface area contributed by atoms with E-state index in [0.29, 0.717) is 29.6 Å². The third-order valence-electron chi connectivity index (χ3n) is 6.04. The Morgan fingerprint density at radius 2 is 1.61 bits per heavy atom. The van der Waals surface area contributed by atoms with E-state index in [0.717, 1.165) is 17.0 Å². The highest BCUT2D eigenvalue weighted by Gasteiger charge is 2.47. The predicted molar refractivity (Wildman–Crippen MR) is 136 cm³/mol. The number of hydrogen-bond acceptors (Lipinski definition) is 5. The quantitative estimate of drug-likeness (QED) is 0.220. The molecule has 1 heterocycles. The number of aliphatic hydroxyl groups excluding tert-OH is 1. The number of aliphatic hydroxyl groups is 1. The maximum absolute atomic E-state index is 13.4. The zero-order valence-electron chi connectivity index (χ0n) is 21.0. The highest BCUT2D eigenvalue weighted by Crippen LogP contribution is 2.43. The second-order valence-electron chi connectivity index (χ2n) is 9.22. The Kier molecular flexibility index (Phi) is 7.48. The summed E-state index contributed by atoms with van der Waals surface area (Å²) in [6, 6.07) is 15.7. The number of Topliss-reactive ketones (excluding diaryl/α,β-unsaturated/α-hetero) is 1. The molecule has 1 N–H and O–H groups in total. The minimum absolute atomic E-state index is 0.126. The molecule has 1 aliphatic rings. The highest BCUT2D eigenvalue weighted by atomic mass is 19.4. The van der Waals surface area contributed by atoms with Crippen molar-refractivity contribution in [2.24, 2.45) is 5.92 Å². The first-order valence-electron chi connectivity index (χ1n) is 11.9. The molecule has 0 spiro atoms. The van der Waals surface area contributed by atoms with Crippen molar-refractivity contribution in [3.05, 3.63) is 95.1 Å². The van der Waals surface area contributed by atoms with Crippen LogP contribution in [0.1, 0.15) is 36.6 Å². The van der Waals surface area contributed by atoms with Gasteiger partial charge in [-0.3, -0.25) is 14.5 Å². The highest BCUT2D eigenvalue weighted by molar-refractivity contribution is 6.51. The van der Waals surface area contributed by atoms with E-state index in [2.05, 4.69) is 0 Å². The average Bonchev–Trinajstić information content (AvgIpc) is 3.17. The molecular weight excluding hydrogens is 499 g/mol. The van der Waals surface area contributed by atoms with E-state index in [-0.39, 0.29) is 16.8 Å².